The predicted molar refractivity (Wildman–Crippen MR) is 126 cm³/mol. The Bertz CT molecular complexity index is 1030. The second kappa shape index (κ2) is 11.1. The van der Waals surface area contributed by atoms with Crippen molar-refractivity contribution in [3.63, 3.8) is 0 Å². The van der Waals surface area contributed by atoms with Gasteiger partial charge < -0.3 is 20.6 Å². The van der Waals surface area contributed by atoms with Crippen LogP contribution in [0.5, 0.6) is 0 Å². The van der Waals surface area contributed by atoms with Gasteiger partial charge in [-0.05, 0) is 61.8 Å². The van der Waals surface area contributed by atoms with Crippen molar-refractivity contribution < 1.29 is 19.5 Å². The molecule has 9 heteroatoms. The summed E-state index contributed by atoms with van der Waals surface area (Å²) in [5, 5.41) is 15.3. The molecule has 0 bridgehead atoms. The number of carboxylic acid groups (broad SMARTS) is 1. The second-order valence-electron chi connectivity index (χ2n) is 8.94. The molecular formula is C25H31N5O4. The number of aliphatic carboxylic acids is 1. The van der Waals surface area contributed by atoms with Gasteiger partial charge in [-0.1, -0.05) is 12.1 Å². The monoisotopic (exact) mass is 465 g/mol. The molecule has 3 N–H and O–H groups in total. The number of likely N-dealkylation sites (tertiary alicyclic amines) is 1. The van der Waals surface area contributed by atoms with E-state index in [1.54, 1.807) is 23.2 Å². The van der Waals surface area contributed by atoms with Crippen LogP contribution in [-0.4, -0.2) is 56.9 Å². The smallest absolute Gasteiger partial charge is 0.305 e. The maximum absolute atomic E-state index is 12.9. The Balaban J connectivity index is 1.31. The highest BCUT2D eigenvalue weighted by atomic mass is 16.4. The molecule has 4 heterocycles. The summed E-state index contributed by atoms with van der Waals surface area (Å²) in [6.07, 6.45) is 8.11. The highest BCUT2D eigenvalue weighted by Crippen LogP contribution is 2.25. The summed E-state index contributed by atoms with van der Waals surface area (Å²) in [5.74, 6) is -0.760. The fourth-order valence-corrected chi connectivity index (χ4v) is 4.78. The first-order valence-electron chi connectivity index (χ1n) is 11.9. The lowest BCUT2D eigenvalue weighted by Crippen LogP contribution is -2.40. The highest BCUT2D eigenvalue weighted by Gasteiger charge is 2.30. The van der Waals surface area contributed by atoms with Gasteiger partial charge in [0.15, 0.2) is 0 Å². The second-order valence-corrected chi connectivity index (χ2v) is 8.94. The third-order valence-corrected chi connectivity index (χ3v) is 6.50. The van der Waals surface area contributed by atoms with Crippen LogP contribution >= 0.6 is 0 Å². The molecule has 2 atom stereocenters. The zero-order valence-corrected chi connectivity index (χ0v) is 19.2. The topological polar surface area (TPSA) is 125 Å². The molecule has 2 unspecified atom stereocenters. The number of pyridine rings is 2. The van der Waals surface area contributed by atoms with Crippen LogP contribution in [0.3, 0.4) is 0 Å². The summed E-state index contributed by atoms with van der Waals surface area (Å²) >= 11 is 0. The number of nitrogens with one attached hydrogen (secondary N) is 2. The van der Waals surface area contributed by atoms with E-state index in [2.05, 4.69) is 27.8 Å². The minimum atomic E-state index is -1.04. The molecule has 0 radical (unpaired) electrons. The van der Waals surface area contributed by atoms with E-state index in [0.717, 1.165) is 56.6 Å². The molecule has 9 nitrogen and oxygen atoms in total. The molecule has 0 spiro atoms. The lowest BCUT2D eigenvalue weighted by atomic mass is 10.0. The number of carboxylic acids is 1. The van der Waals surface area contributed by atoms with Crippen LogP contribution in [0.2, 0.25) is 0 Å². The number of amides is 2. The van der Waals surface area contributed by atoms with E-state index in [-0.39, 0.29) is 24.8 Å². The van der Waals surface area contributed by atoms with Crippen molar-refractivity contribution in [2.24, 2.45) is 0 Å². The quantitative estimate of drug-likeness (QED) is 0.486. The van der Waals surface area contributed by atoms with E-state index in [9.17, 15) is 19.5 Å². The summed E-state index contributed by atoms with van der Waals surface area (Å²) in [6, 6.07) is 6.96. The summed E-state index contributed by atoms with van der Waals surface area (Å²) in [7, 11) is 0. The summed E-state index contributed by atoms with van der Waals surface area (Å²) in [4.78, 5) is 47.3. The van der Waals surface area contributed by atoms with Crippen molar-refractivity contribution in [1.29, 1.82) is 0 Å². The first-order chi connectivity index (χ1) is 16.5. The number of aryl methyl sites for hydroxylation is 2. The van der Waals surface area contributed by atoms with Gasteiger partial charge in [0.1, 0.15) is 12.2 Å². The fraction of sp³-hybridized carbons (Fsp3) is 0.480. The minimum absolute atomic E-state index is 0.0826. The van der Waals surface area contributed by atoms with Gasteiger partial charge in [0.05, 0.1) is 12.5 Å². The molecule has 4 rings (SSSR count). The molecule has 2 aromatic heterocycles. The summed E-state index contributed by atoms with van der Waals surface area (Å²) < 4.78 is 0. The Kier molecular flexibility index (Phi) is 7.72. The predicted octanol–water partition coefficient (Wildman–Crippen LogP) is 2.48. The van der Waals surface area contributed by atoms with Gasteiger partial charge in [-0.25, -0.2) is 4.98 Å². The first kappa shape index (κ1) is 23.7. The van der Waals surface area contributed by atoms with E-state index < -0.39 is 17.9 Å². The van der Waals surface area contributed by atoms with E-state index in [4.69, 9.17) is 4.98 Å². The number of nitrogens with zero attached hydrogens (tertiary/aromatic N) is 3. The van der Waals surface area contributed by atoms with Crippen molar-refractivity contribution in [1.82, 2.24) is 20.2 Å². The van der Waals surface area contributed by atoms with Gasteiger partial charge in [0, 0.05) is 37.2 Å². The number of aromatic nitrogens is 2. The van der Waals surface area contributed by atoms with Gasteiger partial charge in [0.25, 0.3) is 0 Å². The molecule has 2 aromatic rings. The molecule has 0 aliphatic carbocycles. The van der Waals surface area contributed by atoms with E-state index >= 15 is 0 Å². The number of hydrogen-bond acceptors (Lipinski definition) is 6. The van der Waals surface area contributed by atoms with Gasteiger partial charge in [-0.3, -0.25) is 19.4 Å². The number of carbonyl (C=O) groups excluding carboxylic acids is 2. The van der Waals surface area contributed by atoms with Gasteiger partial charge in [0.2, 0.25) is 11.8 Å². The van der Waals surface area contributed by atoms with Crippen LogP contribution in [0, 0.1) is 0 Å². The third kappa shape index (κ3) is 6.09. The van der Waals surface area contributed by atoms with E-state index in [0.29, 0.717) is 12.1 Å². The Labute approximate surface area is 199 Å². The number of hydrogen-bond donors (Lipinski definition) is 3. The molecule has 1 saturated heterocycles. The molecule has 0 aromatic carbocycles. The van der Waals surface area contributed by atoms with Crippen LogP contribution in [0.25, 0.3) is 0 Å². The molecule has 0 saturated carbocycles. The van der Waals surface area contributed by atoms with Crippen molar-refractivity contribution in [3.05, 3.63) is 53.5 Å². The molecule has 2 aliphatic rings. The zero-order valence-electron chi connectivity index (χ0n) is 19.2. The third-order valence-electron chi connectivity index (χ3n) is 6.50. The Hall–Kier alpha value is -3.49. The number of anilines is 1. The maximum Gasteiger partial charge on any atom is 0.305 e. The van der Waals surface area contributed by atoms with Gasteiger partial charge in [-0.15, -0.1) is 0 Å². The largest absolute Gasteiger partial charge is 0.481 e. The normalized spacial score (nSPS) is 18.0. The first-order valence-corrected chi connectivity index (χ1v) is 11.9. The van der Waals surface area contributed by atoms with E-state index in [1.165, 1.54) is 11.8 Å². The van der Waals surface area contributed by atoms with Crippen LogP contribution in [0.4, 0.5) is 5.82 Å². The Morgan fingerprint density at radius 3 is 2.91 bits per heavy atom. The van der Waals surface area contributed by atoms with Crippen molar-refractivity contribution in [2.45, 2.75) is 63.5 Å². The maximum atomic E-state index is 12.9. The van der Waals surface area contributed by atoms with Crippen LogP contribution < -0.4 is 10.6 Å². The molecular weight excluding hydrogens is 434 g/mol. The van der Waals surface area contributed by atoms with Crippen LogP contribution in [0.15, 0.2) is 36.7 Å². The fourth-order valence-electron chi connectivity index (χ4n) is 4.78. The Morgan fingerprint density at radius 1 is 1.24 bits per heavy atom. The Morgan fingerprint density at radius 2 is 2.12 bits per heavy atom. The average Bonchev–Trinajstić information content (AvgIpc) is 3.31. The molecule has 2 aliphatic heterocycles. The lowest BCUT2D eigenvalue weighted by Gasteiger charge is -2.25. The number of rotatable bonds is 9. The SMILES string of the molecule is O=C(O)CC(NC(=O)CC(=O)N1CCCC1CCc1ccc2c(n1)NCCC2)c1cccnc1. The van der Waals surface area contributed by atoms with Gasteiger partial charge >= 0.3 is 5.97 Å². The molecule has 180 valence electrons. The molecule has 1 fully saturated rings. The standard InChI is InChI=1S/C25H31N5O4/c31-22(29-21(14-24(33)34)18-5-1-11-26-16-18)15-23(32)30-13-3-6-20(30)10-9-19-8-7-17-4-2-12-27-25(17)28-19/h1,5,7-8,11,16,20-21H,2-4,6,9-10,12-15H2,(H,27,28)(H,29,31)(H,33,34). The average molecular weight is 466 g/mol. The number of carbonyl (C=O) groups is 3. The van der Waals surface area contributed by atoms with Crippen molar-refractivity contribution >= 4 is 23.6 Å². The van der Waals surface area contributed by atoms with Gasteiger partial charge in [-0.2, -0.15) is 0 Å². The number of fused-ring (bicyclic) bond motifs is 1. The lowest BCUT2D eigenvalue weighted by molar-refractivity contribution is -0.138. The minimum Gasteiger partial charge on any atom is -0.481 e. The highest BCUT2D eigenvalue weighted by molar-refractivity contribution is 5.97. The summed E-state index contributed by atoms with van der Waals surface area (Å²) in [5.41, 5.74) is 2.86. The zero-order chi connectivity index (χ0) is 23.9. The summed E-state index contributed by atoms with van der Waals surface area (Å²) in [6.45, 7) is 1.58. The van der Waals surface area contributed by atoms with Crippen molar-refractivity contribution in [3.8, 4) is 0 Å². The van der Waals surface area contributed by atoms with E-state index in [1.807, 2.05) is 0 Å². The van der Waals surface area contributed by atoms with Crippen LogP contribution in [0.1, 0.15) is 61.4 Å². The van der Waals surface area contributed by atoms with Crippen LogP contribution in [-0.2, 0) is 27.2 Å². The molecule has 2 amide bonds. The molecule has 34 heavy (non-hydrogen) atoms. The van der Waals surface area contributed by atoms with Crippen molar-refractivity contribution in [2.75, 3.05) is 18.4 Å².